The molecule has 1 aliphatic heterocycles. The van der Waals surface area contributed by atoms with Gasteiger partial charge in [-0.05, 0) is 17.1 Å². The highest BCUT2D eigenvalue weighted by Crippen LogP contribution is 2.27. The highest BCUT2D eigenvalue weighted by molar-refractivity contribution is 5.97. The zero-order chi connectivity index (χ0) is 18.9. The van der Waals surface area contributed by atoms with Crippen molar-refractivity contribution in [3.63, 3.8) is 0 Å². The fourth-order valence-electron chi connectivity index (χ4n) is 2.40. The summed E-state index contributed by atoms with van der Waals surface area (Å²) in [6.07, 6.45) is -3.79. The summed E-state index contributed by atoms with van der Waals surface area (Å²) < 4.78 is 47.7. The maximum absolute atomic E-state index is 12.4. The van der Waals surface area contributed by atoms with Gasteiger partial charge in [-0.3, -0.25) is 9.36 Å². The van der Waals surface area contributed by atoms with E-state index in [1.165, 1.54) is 22.8 Å². The molecule has 2 heterocycles. The Balaban J connectivity index is 1.72. The number of benzene rings is 1. The van der Waals surface area contributed by atoms with Gasteiger partial charge in [0.15, 0.2) is 0 Å². The smallest absolute Gasteiger partial charge is 0.444 e. The van der Waals surface area contributed by atoms with Crippen molar-refractivity contribution in [3.8, 4) is 11.8 Å². The maximum atomic E-state index is 12.4. The Labute approximate surface area is 143 Å². The average Bonchev–Trinajstić information content (AvgIpc) is 2.97. The SMILES string of the molecule is O=C(N[C@@H]1COc2nc([N+](=O)[O-])cn2C1)c1ccccc1OC(F)(F)F. The lowest BCUT2D eigenvalue weighted by atomic mass is 10.1. The van der Waals surface area contributed by atoms with E-state index in [0.717, 1.165) is 12.3 Å². The molecule has 1 N–H and O–H groups in total. The lowest BCUT2D eigenvalue weighted by Crippen LogP contribution is -2.44. The molecule has 0 spiro atoms. The van der Waals surface area contributed by atoms with Crippen LogP contribution in [0.1, 0.15) is 10.4 Å². The molecule has 12 heteroatoms. The van der Waals surface area contributed by atoms with Crippen molar-refractivity contribution in [2.24, 2.45) is 0 Å². The molecule has 9 nitrogen and oxygen atoms in total. The van der Waals surface area contributed by atoms with Gasteiger partial charge in [-0.1, -0.05) is 12.1 Å². The van der Waals surface area contributed by atoms with Gasteiger partial charge < -0.3 is 24.9 Å². The maximum Gasteiger partial charge on any atom is 0.573 e. The van der Waals surface area contributed by atoms with Gasteiger partial charge in [0, 0.05) is 4.98 Å². The first-order chi connectivity index (χ1) is 12.2. The second-order valence-corrected chi connectivity index (χ2v) is 5.32. The number of nitrogens with zero attached hydrogens (tertiary/aromatic N) is 3. The minimum Gasteiger partial charge on any atom is -0.444 e. The standard InChI is InChI=1S/C14H11F3N4O5/c15-14(16,17)26-10-4-2-1-3-9(10)12(22)18-8-5-20-6-11(21(23)24)19-13(20)25-7-8/h1-4,6,8H,5,7H2,(H,18,22)/t8-/m0/s1. The van der Waals surface area contributed by atoms with Crippen molar-refractivity contribution in [1.29, 1.82) is 0 Å². The van der Waals surface area contributed by atoms with Gasteiger partial charge in [0.25, 0.3) is 5.91 Å². The van der Waals surface area contributed by atoms with Crippen LogP contribution >= 0.6 is 0 Å². The monoisotopic (exact) mass is 372 g/mol. The second kappa shape index (κ2) is 6.54. The number of imidazole rings is 1. The third-order valence-electron chi connectivity index (χ3n) is 3.44. The van der Waals surface area contributed by atoms with Crippen molar-refractivity contribution in [2.45, 2.75) is 18.9 Å². The van der Waals surface area contributed by atoms with Gasteiger partial charge in [-0.2, -0.15) is 0 Å². The number of halogens is 3. The summed E-state index contributed by atoms with van der Waals surface area (Å²) in [5.41, 5.74) is -0.299. The highest BCUT2D eigenvalue weighted by atomic mass is 19.4. The van der Waals surface area contributed by atoms with Crippen molar-refractivity contribution in [2.75, 3.05) is 6.61 Å². The first kappa shape index (κ1) is 17.5. The van der Waals surface area contributed by atoms with E-state index in [0.29, 0.717) is 0 Å². The number of fused-ring (bicyclic) bond motifs is 1. The molecule has 0 bridgehead atoms. The molecule has 138 valence electrons. The Morgan fingerprint density at radius 3 is 2.85 bits per heavy atom. The van der Waals surface area contributed by atoms with Crippen LogP contribution in [0.4, 0.5) is 19.0 Å². The van der Waals surface area contributed by atoms with Crippen molar-refractivity contribution in [3.05, 3.63) is 46.1 Å². The van der Waals surface area contributed by atoms with Crippen LogP contribution in [0.5, 0.6) is 11.8 Å². The van der Waals surface area contributed by atoms with Gasteiger partial charge >= 0.3 is 18.2 Å². The molecule has 26 heavy (non-hydrogen) atoms. The van der Waals surface area contributed by atoms with Gasteiger partial charge in [0.2, 0.25) is 0 Å². The molecule has 1 atom stereocenters. The Hall–Kier alpha value is -3.31. The van der Waals surface area contributed by atoms with Crippen LogP contribution in [-0.4, -0.2) is 39.4 Å². The number of hydrogen-bond acceptors (Lipinski definition) is 6. The van der Waals surface area contributed by atoms with Crippen molar-refractivity contribution >= 4 is 11.7 Å². The topological polar surface area (TPSA) is 109 Å². The van der Waals surface area contributed by atoms with Crippen LogP contribution in [0.25, 0.3) is 0 Å². The van der Waals surface area contributed by atoms with Gasteiger partial charge in [-0.25, -0.2) is 0 Å². The Kier molecular flexibility index (Phi) is 4.40. The molecular formula is C14H11F3N4O5. The van der Waals surface area contributed by atoms with E-state index in [1.807, 2.05) is 0 Å². The molecule has 0 unspecified atom stereocenters. The summed E-state index contributed by atoms with van der Waals surface area (Å²) in [4.78, 5) is 26.0. The minimum atomic E-state index is -4.94. The fraction of sp³-hybridized carbons (Fsp3) is 0.286. The largest absolute Gasteiger partial charge is 0.573 e. The number of ether oxygens (including phenoxy) is 2. The predicted octanol–water partition coefficient (Wildman–Crippen LogP) is 1.88. The molecule has 1 aromatic carbocycles. The van der Waals surface area contributed by atoms with E-state index in [9.17, 15) is 28.1 Å². The van der Waals surface area contributed by atoms with E-state index in [4.69, 9.17) is 4.74 Å². The number of amides is 1. The molecule has 0 radical (unpaired) electrons. The van der Waals surface area contributed by atoms with Crippen LogP contribution in [0, 0.1) is 10.1 Å². The number of hydrogen-bond donors (Lipinski definition) is 1. The number of carbonyl (C=O) groups is 1. The molecule has 1 aliphatic rings. The van der Waals surface area contributed by atoms with E-state index in [1.54, 1.807) is 0 Å². The summed E-state index contributed by atoms with van der Waals surface area (Å²) in [7, 11) is 0. The van der Waals surface area contributed by atoms with Crippen LogP contribution in [0.2, 0.25) is 0 Å². The van der Waals surface area contributed by atoms with Crippen LogP contribution in [-0.2, 0) is 6.54 Å². The third kappa shape index (κ3) is 3.84. The van der Waals surface area contributed by atoms with Crippen LogP contribution in [0.15, 0.2) is 30.5 Å². The van der Waals surface area contributed by atoms with Gasteiger partial charge in [0.05, 0.1) is 18.2 Å². The number of nitrogens with one attached hydrogen (secondary N) is 1. The van der Waals surface area contributed by atoms with E-state index in [2.05, 4.69) is 15.0 Å². The van der Waals surface area contributed by atoms with E-state index >= 15 is 0 Å². The Bertz CT molecular complexity index is 851. The number of aromatic nitrogens is 2. The normalized spacial score (nSPS) is 16.3. The lowest BCUT2D eigenvalue weighted by Gasteiger charge is -2.23. The summed E-state index contributed by atoms with van der Waals surface area (Å²) >= 11 is 0. The lowest BCUT2D eigenvalue weighted by molar-refractivity contribution is -0.389. The van der Waals surface area contributed by atoms with E-state index < -0.39 is 34.8 Å². The summed E-state index contributed by atoms with van der Waals surface area (Å²) in [5.74, 6) is -1.83. The molecule has 3 rings (SSSR count). The summed E-state index contributed by atoms with van der Waals surface area (Å²) in [6, 6.07) is 4.32. The molecule has 1 aromatic heterocycles. The molecule has 1 amide bonds. The number of para-hydroxylation sites is 1. The molecule has 0 saturated carbocycles. The number of rotatable bonds is 4. The van der Waals surface area contributed by atoms with Crippen molar-refractivity contribution < 1.29 is 32.4 Å². The van der Waals surface area contributed by atoms with Crippen LogP contribution in [0.3, 0.4) is 0 Å². The molecule has 0 saturated heterocycles. The average molecular weight is 372 g/mol. The van der Waals surface area contributed by atoms with Gasteiger partial charge in [0.1, 0.15) is 18.6 Å². The molecule has 0 fully saturated rings. The Morgan fingerprint density at radius 2 is 2.15 bits per heavy atom. The Morgan fingerprint density at radius 1 is 1.42 bits per heavy atom. The summed E-state index contributed by atoms with van der Waals surface area (Å²) in [6.45, 7) is 0.0758. The molecular weight excluding hydrogens is 361 g/mol. The first-order valence-corrected chi connectivity index (χ1v) is 7.23. The van der Waals surface area contributed by atoms with E-state index in [-0.39, 0.29) is 24.7 Å². The van der Waals surface area contributed by atoms with Crippen LogP contribution < -0.4 is 14.8 Å². The zero-order valence-electron chi connectivity index (χ0n) is 12.9. The second-order valence-electron chi connectivity index (χ2n) is 5.32. The summed E-state index contributed by atoms with van der Waals surface area (Å²) in [5, 5.41) is 13.2. The fourth-order valence-corrected chi connectivity index (χ4v) is 2.40. The zero-order valence-corrected chi connectivity index (χ0v) is 12.9. The van der Waals surface area contributed by atoms with Crippen molar-refractivity contribution in [1.82, 2.24) is 14.9 Å². The number of alkyl halides is 3. The molecule has 2 aromatic rings. The highest BCUT2D eigenvalue weighted by Gasteiger charge is 2.34. The third-order valence-corrected chi connectivity index (χ3v) is 3.44. The quantitative estimate of drug-likeness (QED) is 0.648. The van der Waals surface area contributed by atoms with Gasteiger partial charge in [-0.15, -0.1) is 13.2 Å². The number of nitro groups is 1. The minimum absolute atomic E-state index is 0.0306. The first-order valence-electron chi connectivity index (χ1n) is 7.23. The predicted molar refractivity (Wildman–Crippen MR) is 78.8 cm³/mol. The number of carbonyl (C=O) groups excluding carboxylic acids is 1. The molecule has 0 aliphatic carbocycles.